The van der Waals surface area contributed by atoms with Crippen LogP contribution in [-0.4, -0.2) is 79.1 Å². The van der Waals surface area contributed by atoms with Gasteiger partial charge in [0.1, 0.15) is 6.04 Å². The predicted molar refractivity (Wildman–Crippen MR) is 102 cm³/mol. The normalized spacial score (nSPS) is 26.5. The van der Waals surface area contributed by atoms with Crippen LogP contribution in [0.4, 0.5) is 0 Å². The summed E-state index contributed by atoms with van der Waals surface area (Å²) < 4.78 is 5.84. The number of rotatable bonds is 8. The van der Waals surface area contributed by atoms with Crippen LogP contribution in [0.1, 0.15) is 46.5 Å². The summed E-state index contributed by atoms with van der Waals surface area (Å²) >= 11 is 0. The molecule has 2 heterocycles. The van der Waals surface area contributed by atoms with Gasteiger partial charge in [-0.2, -0.15) is 0 Å². The molecule has 0 spiro atoms. The number of hydrogen-bond acceptors (Lipinski definition) is 5. The Morgan fingerprint density at radius 3 is 2.69 bits per heavy atom. The molecule has 2 aliphatic rings. The molecule has 7 nitrogen and oxygen atoms in total. The summed E-state index contributed by atoms with van der Waals surface area (Å²) in [7, 11) is 0. The van der Waals surface area contributed by atoms with E-state index in [9.17, 15) is 9.59 Å². The van der Waals surface area contributed by atoms with E-state index in [4.69, 9.17) is 10.5 Å². The number of ether oxygens (including phenoxy) is 1. The summed E-state index contributed by atoms with van der Waals surface area (Å²) in [6.45, 7) is 10.2. The summed E-state index contributed by atoms with van der Waals surface area (Å²) in [5, 5.41) is 2.86. The molecule has 2 unspecified atom stereocenters. The summed E-state index contributed by atoms with van der Waals surface area (Å²) in [6, 6.07) is -0.109. The highest BCUT2D eigenvalue weighted by Gasteiger charge is 2.37. The van der Waals surface area contributed by atoms with Crippen LogP contribution in [0.5, 0.6) is 0 Å². The fraction of sp³-hybridized carbons (Fsp3) is 0.895. The molecule has 3 atom stereocenters. The molecule has 2 aliphatic heterocycles. The first-order valence-electron chi connectivity index (χ1n) is 10.0. The summed E-state index contributed by atoms with van der Waals surface area (Å²) in [6.07, 6.45) is 4.12. The van der Waals surface area contributed by atoms with Gasteiger partial charge in [0, 0.05) is 52.3 Å². The van der Waals surface area contributed by atoms with Crippen LogP contribution in [0.3, 0.4) is 0 Å². The van der Waals surface area contributed by atoms with E-state index in [2.05, 4.69) is 24.1 Å². The second kappa shape index (κ2) is 10.2. The van der Waals surface area contributed by atoms with E-state index in [1.807, 2.05) is 0 Å². The number of nitrogens with one attached hydrogen (secondary N) is 1. The molecule has 0 radical (unpaired) electrons. The third-order valence-electron chi connectivity index (χ3n) is 5.30. The minimum absolute atomic E-state index is 0.0362. The van der Waals surface area contributed by atoms with Gasteiger partial charge in [0.25, 0.3) is 0 Å². The molecule has 150 valence electrons. The fourth-order valence-electron chi connectivity index (χ4n) is 4.11. The molecule has 7 heteroatoms. The van der Waals surface area contributed by atoms with Crippen molar-refractivity contribution in [2.24, 2.45) is 11.7 Å². The molecule has 0 aromatic carbocycles. The third kappa shape index (κ3) is 5.93. The quantitative estimate of drug-likeness (QED) is 0.654. The van der Waals surface area contributed by atoms with Gasteiger partial charge in [0.15, 0.2) is 0 Å². The molecule has 2 fully saturated rings. The molecular formula is C19H36N4O3. The SMILES string of the molecule is CC(=O)N1CCC(N(CC(C)C)CC2CCCO2)C[C@@H]1C(=O)NCCN. The van der Waals surface area contributed by atoms with Crippen molar-refractivity contribution >= 4 is 11.8 Å². The Morgan fingerprint density at radius 2 is 2.12 bits per heavy atom. The first-order chi connectivity index (χ1) is 12.4. The second-order valence-electron chi connectivity index (χ2n) is 7.97. The van der Waals surface area contributed by atoms with Gasteiger partial charge >= 0.3 is 0 Å². The Labute approximate surface area is 157 Å². The van der Waals surface area contributed by atoms with E-state index in [1.165, 1.54) is 0 Å². The minimum Gasteiger partial charge on any atom is -0.377 e. The van der Waals surface area contributed by atoms with Crippen molar-refractivity contribution in [2.75, 3.05) is 39.3 Å². The number of carbonyl (C=O) groups is 2. The third-order valence-corrected chi connectivity index (χ3v) is 5.30. The van der Waals surface area contributed by atoms with E-state index >= 15 is 0 Å². The summed E-state index contributed by atoms with van der Waals surface area (Å²) in [4.78, 5) is 28.8. The highest BCUT2D eigenvalue weighted by atomic mass is 16.5. The molecule has 0 aromatic rings. The van der Waals surface area contributed by atoms with Crippen LogP contribution in [0.25, 0.3) is 0 Å². The van der Waals surface area contributed by atoms with Crippen LogP contribution >= 0.6 is 0 Å². The number of piperidine rings is 1. The van der Waals surface area contributed by atoms with Crippen LogP contribution in [-0.2, 0) is 14.3 Å². The van der Waals surface area contributed by atoms with Gasteiger partial charge in [-0.05, 0) is 31.6 Å². The number of amides is 2. The average Bonchev–Trinajstić information content (AvgIpc) is 3.11. The summed E-state index contributed by atoms with van der Waals surface area (Å²) in [5.74, 6) is 0.426. The first-order valence-corrected chi connectivity index (χ1v) is 10.0. The Morgan fingerprint density at radius 1 is 1.35 bits per heavy atom. The van der Waals surface area contributed by atoms with Gasteiger partial charge in [-0.25, -0.2) is 0 Å². The van der Waals surface area contributed by atoms with Gasteiger partial charge in [0.05, 0.1) is 6.10 Å². The Bertz CT molecular complexity index is 466. The van der Waals surface area contributed by atoms with Crippen molar-refractivity contribution < 1.29 is 14.3 Å². The molecule has 2 amide bonds. The van der Waals surface area contributed by atoms with Crippen LogP contribution in [0.15, 0.2) is 0 Å². The molecule has 0 saturated carbocycles. The standard InChI is InChI=1S/C19H36N4O3/c1-14(2)12-22(13-17-5-4-10-26-17)16-6-9-23(15(3)24)18(11-16)19(25)21-8-7-20/h14,16-18H,4-13,20H2,1-3H3,(H,21,25)/t16?,17?,18-/m1/s1. The molecule has 0 aliphatic carbocycles. The molecule has 26 heavy (non-hydrogen) atoms. The highest BCUT2D eigenvalue weighted by molar-refractivity contribution is 5.87. The fourth-order valence-corrected chi connectivity index (χ4v) is 4.11. The van der Waals surface area contributed by atoms with Crippen molar-refractivity contribution in [3.8, 4) is 0 Å². The summed E-state index contributed by atoms with van der Waals surface area (Å²) in [5.41, 5.74) is 5.51. The predicted octanol–water partition coefficient (Wildman–Crippen LogP) is 0.578. The van der Waals surface area contributed by atoms with Gasteiger partial charge < -0.3 is 20.7 Å². The monoisotopic (exact) mass is 368 g/mol. The van der Waals surface area contributed by atoms with Crippen LogP contribution in [0.2, 0.25) is 0 Å². The second-order valence-corrected chi connectivity index (χ2v) is 7.97. The highest BCUT2D eigenvalue weighted by Crippen LogP contribution is 2.25. The molecular weight excluding hydrogens is 332 g/mol. The van der Waals surface area contributed by atoms with Gasteiger partial charge in [-0.15, -0.1) is 0 Å². The van der Waals surface area contributed by atoms with Crippen molar-refractivity contribution in [2.45, 2.75) is 64.6 Å². The smallest absolute Gasteiger partial charge is 0.242 e. The lowest BCUT2D eigenvalue weighted by Crippen LogP contribution is -2.58. The number of hydrogen-bond donors (Lipinski definition) is 2. The van der Waals surface area contributed by atoms with E-state index in [0.29, 0.717) is 44.1 Å². The molecule has 2 rings (SSSR count). The van der Waals surface area contributed by atoms with E-state index in [1.54, 1.807) is 11.8 Å². The minimum atomic E-state index is -0.406. The van der Waals surface area contributed by atoms with E-state index in [-0.39, 0.29) is 11.8 Å². The van der Waals surface area contributed by atoms with Gasteiger partial charge in [0.2, 0.25) is 11.8 Å². The zero-order valence-electron chi connectivity index (χ0n) is 16.6. The number of nitrogens with two attached hydrogens (primary N) is 1. The van der Waals surface area contributed by atoms with Gasteiger partial charge in [-0.3, -0.25) is 14.5 Å². The zero-order valence-corrected chi connectivity index (χ0v) is 16.6. The maximum absolute atomic E-state index is 12.6. The average molecular weight is 369 g/mol. The topological polar surface area (TPSA) is 87.9 Å². The van der Waals surface area contributed by atoms with Crippen LogP contribution in [0, 0.1) is 5.92 Å². The first kappa shape index (κ1) is 21.1. The Kier molecular flexibility index (Phi) is 8.31. The van der Waals surface area contributed by atoms with E-state index < -0.39 is 6.04 Å². The van der Waals surface area contributed by atoms with Gasteiger partial charge in [-0.1, -0.05) is 13.8 Å². The Hall–Kier alpha value is -1.18. The Balaban J connectivity index is 2.07. The van der Waals surface area contributed by atoms with E-state index in [0.717, 1.165) is 39.0 Å². The molecule has 0 bridgehead atoms. The number of nitrogens with zero attached hydrogens (tertiary/aromatic N) is 2. The maximum atomic E-state index is 12.6. The largest absolute Gasteiger partial charge is 0.377 e. The maximum Gasteiger partial charge on any atom is 0.242 e. The van der Waals surface area contributed by atoms with Crippen molar-refractivity contribution in [3.63, 3.8) is 0 Å². The molecule has 0 aromatic heterocycles. The van der Waals surface area contributed by atoms with Crippen molar-refractivity contribution in [1.82, 2.24) is 15.1 Å². The molecule has 3 N–H and O–H groups in total. The number of likely N-dealkylation sites (tertiary alicyclic amines) is 1. The lowest BCUT2D eigenvalue weighted by atomic mass is 9.93. The van der Waals surface area contributed by atoms with Crippen LogP contribution < -0.4 is 11.1 Å². The zero-order chi connectivity index (χ0) is 19.1. The van der Waals surface area contributed by atoms with Crippen molar-refractivity contribution in [3.05, 3.63) is 0 Å². The van der Waals surface area contributed by atoms with Crippen molar-refractivity contribution in [1.29, 1.82) is 0 Å². The number of carbonyl (C=O) groups excluding carboxylic acids is 2. The molecule has 2 saturated heterocycles. The lowest BCUT2D eigenvalue weighted by molar-refractivity contribution is -0.142. The lowest BCUT2D eigenvalue weighted by Gasteiger charge is -2.43.